The summed E-state index contributed by atoms with van der Waals surface area (Å²) in [5, 5.41) is 15.3. The van der Waals surface area contributed by atoms with E-state index in [2.05, 4.69) is 5.32 Å². The van der Waals surface area contributed by atoms with Gasteiger partial charge in [-0.1, -0.05) is 23.8 Å². The summed E-state index contributed by atoms with van der Waals surface area (Å²) in [5.41, 5.74) is 2.42. The molecule has 21 heavy (non-hydrogen) atoms. The second kappa shape index (κ2) is 4.86. The molecule has 0 aliphatic carbocycles. The Morgan fingerprint density at radius 3 is 2.81 bits per heavy atom. The Labute approximate surface area is 124 Å². The van der Waals surface area contributed by atoms with Crippen LogP contribution in [0.25, 0.3) is 5.57 Å². The smallest absolute Gasteiger partial charge is 0.256 e. The normalized spacial score (nSPS) is 26.5. The Morgan fingerprint density at radius 1 is 1.38 bits per heavy atom. The van der Waals surface area contributed by atoms with Crippen molar-refractivity contribution in [2.75, 3.05) is 20.2 Å². The molecule has 2 N–H and O–H groups in total. The molecule has 1 amide bonds. The van der Waals surface area contributed by atoms with Gasteiger partial charge in [-0.3, -0.25) is 9.63 Å². The zero-order valence-corrected chi connectivity index (χ0v) is 12.6. The fourth-order valence-corrected chi connectivity index (χ4v) is 2.93. The summed E-state index contributed by atoms with van der Waals surface area (Å²) in [6, 6.07) is 5.90. The van der Waals surface area contributed by atoms with E-state index < -0.39 is 5.54 Å². The number of amides is 1. The van der Waals surface area contributed by atoms with Crippen LogP contribution in [0.2, 0.25) is 0 Å². The summed E-state index contributed by atoms with van der Waals surface area (Å²) < 4.78 is 0. The number of carbonyl (C=O) groups is 1. The molecule has 0 bridgehead atoms. The first-order chi connectivity index (χ1) is 9.93. The standard InChI is InChI=1S/C16H20N2O3/c1-10-4-5-11(2)12(8-10)13-14(19)16(17-15(13)20)6-7-18(3)21-9-16/h4-5,8,19H,6-7,9H2,1-3H3,(H,17,20). The zero-order valence-electron chi connectivity index (χ0n) is 12.6. The maximum atomic E-state index is 12.4. The fraction of sp³-hybridized carbons (Fsp3) is 0.438. The van der Waals surface area contributed by atoms with Crippen molar-refractivity contribution in [2.45, 2.75) is 25.8 Å². The molecule has 0 radical (unpaired) electrons. The number of aliphatic hydroxyl groups is 1. The molecule has 112 valence electrons. The van der Waals surface area contributed by atoms with Crippen LogP contribution in [-0.2, 0) is 9.63 Å². The molecule has 0 saturated carbocycles. The summed E-state index contributed by atoms with van der Waals surface area (Å²) in [4.78, 5) is 17.9. The molecule has 5 heteroatoms. The van der Waals surface area contributed by atoms with Crippen LogP contribution in [0.5, 0.6) is 0 Å². The van der Waals surface area contributed by atoms with E-state index >= 15 is 0 Å². The number of aryl methyl sites for hydroxylation is 2. The van der Waals surface area contributed by atoms with E-state index in [1.807, 2.05) is 39.1 Å². The number of hydrogen-bond donors (Lipinski definition) is 2. The number of nitrogens with one attached hydrogen (secondary N) is 1. The van der Waals surface area contributed by atoms with Gasteiger partial charge >= 0.3 is 0 Å². The van der Waals surface area contributed by atoms with Crippen LogP contribution < -0.4 is 5.32 Å². The Balaban J connectivity index is 2.06. The van der Waals surface area contributed by atoms with Crippen LogP contribution in [-0.4, -0.2) is 41.8 Å². The number of hydroxylamine groups is 2. The lowest BCUT2D eigenvalue weighted by Gasteiger charge is -2.36. The predicted molar refractivity (Wildman–Crippen MR) is 79.5 cm³/mol. The summed E-state index contributed by atoms with van der Waals surface area (Å²) >= 11 is 0. The van der Waals surface area contributed by atoms with Crippen molar-refractivity contribution in [1.29, 1.82) is 0 Å². The maximum absolute atomic E-state index is 12.4. The van der Waals surface area contributed by atoms with Crippen LogP contribution in [0, 0.1) is 13.8 Å². The second-order valence-electron chi connectivity index (χ2n) is 5.95. The molecule has 1 unspecified atom stereocenters. The second-order valence-corrected chi connectivity index (χ2v) is 5.95. The first kappa shape index (κ1) is 14.1. The van der Waals surface area contributed by atoms with Gasteiger partial charge in [-0.25, -0.2) is 0 Å². The van der Waals surface area contributed by atoms with Gasteiger partial charge < -0.3 is 10.4 Å². The van der Waals surface area contributed by atoms with Crippen molar-refractivity contribution < 1.29 is 14.7 Å². The summed E-state index contributed by atoms with van der Waals surface area (Å²) in [6.45, 7) is 4.83. The largest absolute Gasteiger partial charge is 0.509 e. The monoisotopic (exact) mass is 288 g/mol. The van der Waals surface area contributed by atoms with Crippen LogP contribution in [0.3, 0.4) is 0 Å². The molecule has 1 fully saturated rings. The minimum atomic E-state index is -0.783. The Bertz CT molecular complexity index is 628. The molecular formula is C16H20N2O3. The number of nitrogens with zero attached hydrogens (tertiary/aromatic N) is 1. The Kier molecular flexibility index (Phi) is 3.26. The van der Waals surface area contributed by atoms with Crippen LogP contribution in [0.4, 0.5) is 0 Å². The highest BCUT2D eigenvalue weighted by Crippen LogP contribution is 2.37. The van der Waals surface area contributed by atoms with E-state index in [-0.39, 0.29) is 18.3 Å². The highest BCUT2D eigenvalue weighted by Gasteiger charge is 2.48. The van der Waals surface area contributed by atoms with E-state index in [0.717, 1.165) is 16.7 Å². The van der Waals surface area contributed by atoms with Crippen molar-refractivity contribution in [2.24, 2.45) is 0 Å². The number of rotatable bonds is 1. The molecule has 1 aromatic carbocycles. The maximum Gasteiger partial charge on any atom is 0.256 e. The number of benzene rings is 1. The lowest BCUT2D eigenvalue weighted by molar-refractivity contribution is -0.187. The van der Waals surface area contributed by atoms with Gasteiger partial charge in [0.15, 0.2) is 0 Å². The fourth-order valence-electron chi connectivity index (χ4n) is 2.93. The van der Waals surface area contributed by atoms with Gasteiger partial charge in [-0.15, -0.1) is 0 Å². The first-order valence-electron chi connectivity index (χ1n) is 7.11. The molecule has 2 aliphatic heterocycles. The van der Waals surface area contributed by atoms with Gasteiger partial charge in [0.25, 0.3) is 5.91 Å². The van der Waals surface area contributed by atoms with Gasteiger partial charge in [0.1, 0.15) is 11.3 Å². The molecule has 1 aromatic rings. The zero-order chi connectivity index (χ0) is 15.2. The topological polar surface area (TPSA) is 61.8 Å². The molecule has 0 aromatic heterocycles. The van der Waals surface area contributed by atoms with Crippen molar-refractivity contribution in [3.8, 4) is 0 Å². The lowest BCUT2D eigenvalue weighted by atomic mass is 9.90. The van der Waals surface area contributed by atoms with Gasteiger partial charge in [0, 0.05) is 13.6 Å². The third kappa shape index (κ3) is 2.22. The minimum absolute atomic E-state index is 0.106. The highest BCUT2D eigenvalue weighted by atomic mass is 16.7. The minimum Gasteiger partial charge on any atom is -0.509 e. The molecule has 2 heterocycles. The summed E-state index contributed by atoms with van der Waals surface area (Å²) in [6.07, 6.45) is 0.634. The lowest BCUT2D eigenvalue weighted by Crippen LogP contribution is -2.54. The highest BCUT2D eigenvalue weighted by molar-refractivity contribution is 6.23. The van der Waals surface area contributed by atoms with E-state index in [1.54, 1.807) is 5.06 Å². The first-order valence-corrected chi connectivity index (χ1v) is 7.11. The van der Waals surface area contributed by atoms with Crippen LogP contribution in [0.1, 0.15) is 23.1 Å². The number of carbonyl (C=O) groups excluding carboxylic acids is 1. The molecule has 1 atom stereocenters. The SMILES string of the molecule is Cc1ccc(C)c(C2=C(O)C3(CCN(C)OC3)NC2=O)c1. The van der Waals surface area contributed by atoms with Crippen LogP contribution in [0.15, 0.2) is 24.0 Å². The van der Waals surface area contributed by atoms with Gasteiger partial charge in [-0.2, -0.15) is 5.06 Å². The Morgan fingerprint density at radius 2 is 2.14 bits per heavy atom. The quantitative estimate of drug-likeness (QED) is 0.826. The van der Waals surface area contributed by atoms with E-state index in [4.69, 9.17) is 4.84 Å². The molecular weight excluding hydrogens is 268 g/mol. The van der Waals surface area contributed by atoms with Crippen molar-refractivity contribution in [1.82, 2.24) is 10.4 Å². The summed E-state index contributed by atoms with van der Waals surface area (Å²) in [5.74, 6) is -0.122. The third-order valence-electron chi connectivity index (χ3n) is 4.32. The number of aliphatic hydroxyl groups excluding tert-OH is 1. The average molecular weight is 288 g/mol. The van der Waals surface area contributed by atoms with Crippen molar-refractivity contribution in [3.05, 3.63) is 40.6 Å². The van der Waals surface area contributed by atoms with Gasteiger partial charge in [0.05, 0.1) is 12.2 Å². The van der Waals surface area contributed by atoms with Crippen molar-refractivity contribution >= 4 is 11.5 Å². The van der Waals surface area contributed by atoms with E-state index in [0.29, 0.717) is 18.5 Å². The molecule has 3 rings (SSSR count). The van der Waals surface area contributed by atoms with Gasteiger partial charge in [-0.05, 0) is 31.4 Å². The number of hydrogen-bond acceptors (Lipinski definition) is 4. The Hall–Kier alpha value is -1.85. The van der Waals surface area contributed by atoms with Gasteiger partial charge in [0.2, 0.25) is 0 Å². The average Bonchev–Trinajstić information content (AvgIpc) is 2.68. The molecule has 1 saturated heterocycles. The summed E-state index contributed by atoms with van der Waals surface area (Å²) in [7, 11) is 1.84. The van der Waals surface area contributed by atoms with E-state index in [9.17, 15) is 9.90 Å². The van der Waals surface area contributed by atoms with E-state index in [1.165, 1.54) is 0 Å². The van der Waals surface area contributed by atoms with Crippen LogP contribution >= 0.6 is 0 Å². The molecule has 2 aliphatic rings. The molecule has 5 nitrogen and oxygen atoms in total. The predicted octanol–water partition coefficient (Wildman–Crippen LogP) is 1.71. The third-order valence-corrected chi connectivity index (χ3v) is 4.32. The molecule has 1 spiro atoms. The van der Waals surface area contributed by atoms with Crippen molar-refractivity contribution in [3.63, 3.8) is 0 Å².